The molecule has 2 aromatic carbocycles. The minimum atomic E-state index is 0. The Morgan fingerprint density at radius 2 is 1.78 bits per heavy atom. The summed E-state index contributed by atoms with van der Waals surface area (Å²) in [6.45, 7) is 13.5. The van der Waals surface area contributed by atoms with E-state index in [-0.39, 0.29) is 24.0 Å². The average Bonchev–Trinajstić information content (AvgIpc) is 2.78. The molecule has 2 N–H and O–H groups in total. The molecule has 1 aliphatic heterocycles. The van der Waals surface area contributed by atoms with Gasteiger partial charge in [-0.15, -0.1) is 24.0 Å². The van der Waals surface area contributed by atoms with Gasteiger partial charge in [0.25, 0.3) is 0 Å². The van der Waals surface area contributed by atoms with Crippen LogP contribution in [0.4, 0.5) is 0 Å². The van der Waals surface area contributed by atoms with Gasteiger partial charge in [-0.2, -0.15) is 0 Å². The van der Waals surface area contributed by atoms with Crippen molar-refractivity contribution < 1.29 is 9.47 Å². The zero-order valence-corrected chi connectivity index (χ0v) is 21.9. The normalized spacial score (nSPS) is 14.5. The van der Waals surface area contributed by atoms with Gasteiger partial charge >= 0.3 is 0 Å². The number of hydrogen-bond acceptors (Lipinski definition) is 4. The first-order valence-corrected chi connectivity index (χ1v) is 11.3. The molecule has 0 radical (unpaired) electrons. The number of halogens is 1. The highest BCUT2D eigenvalue weighted by molar-refractivity contribution is 14.0. The van der Waals surface area contributed by atoms with E-state index in [2.05, 4.69) is 71.8 Å². The van der Waals surface area contributed by atoms with E-state index in [4.69, 9.17) is 14.5 Å². The Morgan fingerprint density at radius 3 is 2.50 bits per heavy atom. The van der Waals surface area contributed by atoms with Crippen molar-refractivity contribution in [2.45, 2.75) is 40.4 Å². The minimum absolute atomic E-state index is 0. The summed E-state index contributed by atoms with van der Waals surface area (Å²) in [6.07, 6.45) is 0. The summed E-state index contributed by atoms with van der Waals surface area (Å²) in [5, 5.41) is 6.86. The molecular formula is C25H37IN4O2. The van der Waals surface area contributed by atoms with E-state index >= 15 is 0 Å². The summed E-state index contributed by atoms with van der Waals surface area (Å²) >= 11 is 0. The van der Waals surface area contributed by atoms with Gasteiger partial charge < -0.3 is 20.1 Å². The first-order chi connectivity index (χ1) is 15.2. The Bertz CT molecular complexity index is 854. The van der Waals surface area contributed by atoms with E-state index in [1.165, 1.54) is 16.7 Å². The van der Waals surface area contributed by atoms with Gasteiger partial charge in [0.2, 0.25) is 0 Å². The maximum Gasteiger partial charge on any atom is 0.191 e. The molecule has 0 unspecified atom stereocenters. The Kier molecular flexibility index (Phi) is 11.8. The molecule has 32 heavy (non-hydrogen) atoms. The van der Waals surface area contributed by atoms with E-state index < -0.39 is 0 Å². The van der Waals surface area contributed by atoms with Crippen LogP contribution in [0.1, 0.15) is 36.1 Å². The van der Waals surface area contributed by atoms with Gasteiger partial charge in [0, 0.05) is 38.3 Å². The van der Waals surface area contributed by atoms with Crippen LogP contribution in [0.3, 0.4) is 0 Å². The van der Waals surface area contributed by atoms with Crippen molar-refractivity contribution in [3.63, 3.8) is 0 Å². The van der Waals surface area contributed by atoms with Crippen molar-refractivity contribution in [3.05, 3.63) is 64.7 Å². The molecule has 0 atom stereocenters. The summed E-state index contributed by atoms with van der Waals surface area (Å²) in [6, 6.07) is 14.9. The minimum Gasteiger partial charge on any atom is -0.494 e. The van der Waals surface area contributed by atoms with Crippen molar-refractivity contribution in [1.29, 1.82) is 0 Å². The van der Waals surface area contributed by atoms with E-state index in [9.17, 15) is 0 Å². The molecule has 0 aromatic heterocycles. The van der Waals surface area contributed by atoms with Crippen LogP contribution in [0, 0.1) is 6.92 Å². The van der Waals surface area contributed by atoms with Crippen molar-refractivity contribution in [2.75, 3.05) is 39.5 Å². The van der Waals surface area contributed by atoms with Crippen LogP contribution >= 0.6 is 24.0 Å². The second kappa shape index (κ2) is 14.3. The molecule has 0 saturated carbocycles. The Hall–Kier alpha value is -1.84. The number of benzene rings is 2. The molecule has 2 aromatic rings. The van der Waals surface area contributed by atoms with Gasteiger partial charge in [-0.1, -0.05) is 36.4 Å². The maximum absolute atomic E-state index is 5.80. The Morgan fingerprint density at radius 1 is 1.03 bits per heavy atom. The zero-order chi connectivity index (χ0) is 21.9. The second-order valence-electron chi connectivity index (χ2n) is 7.75. The van der Waals surface area contributed by atoms with Crippen molar-refractivity contribution >= 4 is 29.9 Å². The fraction of sp³-hybridized carbons (Fsp3) is 0.480. The summed E-state index contributed by atoms with van der Waals surface area (Å²) in [5.74, 6) is 1.73. The first kappa shape index (κ1) is 26.4. The molecule has 0 aliphatic carbocycles. The summed E-state index contributed by atoms with van der Waals surface area (Å²) in [5.41, 5.74) is 4.94. The largest absolute Gasteiger partial charge is 0.494 e. The SMILES string of the molecule is CCNC(=NCc1ccc(C)cc1OCC)NCc1ccccc1CN1CCOCC1.I. The number of nitrogens with zero attached hydrogens (tertiary/aromatic N) is 2. The standard InChI is InChI=1S/C25H36N4O2.HI/c1-4-26-25(28-18-22-11-10-20(3)16-24(22)31-5-2)27-17-21-8-6-7-9-23(21)19-29-12-14-30-15-13-29;/h6-11,16H,4-5,12-15,17-19H2,1-3H3,(H2,26,27,28);1H. The highest BCUT2D eigenvalue weighted by atomic mass is 127. The van der Waals surface area contributed by atoms with Crippen LogP contribution < -0.4 is 15.4 Å². The van der Waals surface area contributed by atoms with Crippen molar-refractivity contribution in [1.82, 2.24) is 15.5 Å². The molecule has 0 spiro atoms. The molecule has 0 amide bonds. The van der Waals surface area contributed by atoms with E-state index in [0.717, 1.165) is 63.2 Å². The van der Waals surface area contributed by atoms with Crippen molar-refractivity contribution in [2.24, 2.45) is 4.99 Å². The molecule has 1 saturated heterocycles. The van der Waals surface area contributed by atoms with E-state index in [1.54, 1.807) is 0 Å². The third-order valence-electron chi connectivity index (χ3n) is 5.34. The van der Waals surface area contributed by atoms with E-state index in [0.29, 0.717) is 13.2 Å². The molecule has 0 bridgehead atoms. The zero-order valence-electron chi connectivity index (χ0n) is 19.5. The number of aryl methyl sites for hydroxylation is 1. The molecule has 3 rings (SSSR count). The third kappa shape index (κ3) is 8.26. The average molecular weight is 553 g/mol. The number of aliphatic imine (C=N–C) groups is 1. The van der Waals surface area contributed by atoms with Gasteiger partial charge in [-0.05, 0) is 43.5 Å². The molecule has 1 heterocycles. The molecule has 6 nitrogen and oxygen atoms in total. The number of hydrogen-bond donors (Lipinski definition) is 2. The quantitative estimate of drug-likeness (QED) is 0.279. The predicted octanol–water partition coefficient (Wildman–Crippen LogP) is 4.10. The van der Waals surface area contributed by atoms with Gasteiger partial charge in [0.1, 0.15) is 5.75 Å². The first-order valence-electron chi connectivity index (χ1n) is 11.3. The highest BCUT2D eigenvalue weighted by Crippen LogP contribution is 2.21. The van der Waals surface area contributed by atoms with Gasteiger partial charge in [-0.25, -0.2) is 4.99 Å². The summed E-state index contributed by atoms with van der Waals surface area (Å²) < 4.78 is 11.3. The summed E-state index contributed by atoms with van der Waals surface area (Å²) in [4.78, 5) is 7.26. The van der Waals surface area contributed by atoms with Crippen LogP contribution in [-0.2, 0) is 24.4 Å². The fourth-order valence-corrected chi connectivity index (χ4v) is 3.65. The second-order valence-corrected chi connectivity index (χ2v) is 7.75. The van der Waals surface area contributed by atoms with Crippen LogP contribution in [0.5, 0.6) is 5.75 Å². The fourth-order valence-electron chi connectivity index (χ4n) is 3.65. The number of nitrogens with one attached hydrogen (secondary N) is 2. The van der Waals surface area contributed by atoms with Crippen LogP contribution in [0.25, 0.3) is 0 Å². The number of morpholine rings is 1. The van der Waals surface area contributed by atoms with Crippen molar-refractivity contribution in [3.8, 4) is 5.75 Å². The highest BCUT2D eigenvalue weighted by Gasteiger charge is 2.13. The number of ether oxygens (including phenoxy) is 2. The lowest BCUT2D eigenvalue weighted by atomic mass is 10.1. The van der Waals surface area contributed by atoms with Gasteiger partial charge in [0.15, 0.2) is 5.96 Å². The lowest BCUT2D eigenvalue weighted by Crippen LogP contribution is -2.38. The number of rotatable bonds is 9. The van der Waals surface area contributed by atoms with Crippen LogP contribution in [-0.4, -0.2) is 50.3 Å². The van der Waals surface area contributed by atoms with Crippen LogP contribution in [0.2, 0.25) is 0 Å². The molecule has 1 fully saturated rings. The van der Waals surface area contributed by atoms with Gasteiger partial charge in [0.05, 0.1) is 26.4 Å². The third-order valence-corrected chi connectivity index (χ3v) is 5.34. The predicted molar refractivity (Wildman–Crippen MR) is 142 cm³/mol. The maximum atomic E-state index is 5.80. The lowest BCUT2D eigenvalue weighted by molar-refractivity contribution is 0.0341. The number of guanidine groups is 1. The smallest absolute Gasteiger partial charge is 0.191 e. The molecule has 176 valence electrons. The Balaban J connectivity index is 0.00000363. The van der Waals surface area contributed by atoms with E-state index in [1.807, 2.05) is 6.92 Å². The monoisotopic (exact) mass is 552 g/mol. The molecule has 1 aliphatic rings. The molecule has 7 heteroatoms. The topological polar surface area (TPSA) is 58.1 Å². The van der Waals surface area contributed by atoms with Crippen LogP contribution in [0.15, 0.2) is 47.5 Å². The molecular weight excluding hydrogens is 515 g/mol. The summed E-state index contributed by atoms with van der Waals surface area (Å²) in [7, 11) is 0. The van der Waals surface area contributed by atoms with Gasteiger partial charge in [-0.3, -0.25) is 4.90 Å². The lowest BCUT2D eigenvalue weighted by Gasteiger charge is -2.27. The Labute approximate surface area is 209 Å².